The Labute approximate surface area is 112 Å². The molecule has 0 saturated heterocycles. The number of anilines is 1. The lowest BCUT2D eigenvalue weighted by Crippen LogP contribution is -2.23. The van der Waals surface area contributed by atoms with Crippen LogP contribution in [-0.2, 0) is 6.42 Å². The summed E-state index contributed by atoms with van der Waals surface area (Å²) in [5, 5.41) is 3.40. The van der Waals surface area contributed by atoms with Crippen LogP contribution in [0.15, 0.2) is 42.6 Å². The quantitative estimate of drug-likeness (QED) is 0.868. The molecule has 0 radical (unpaired) electrons. The monoisotopic (exact) mass is 259 g/mol. The zero-order valence-corrected chi connectivity index (χ0v) is 10.9. The third kappa shape index (κ3) is 3.76. The van der Waals surface area contributed by atoms with Gasteiger partial charge in [-0.05, 0) is 48.4 Å². The van der Waals surface area contributed by atoms with Gasteiger partial charge in [0.25, 0.3) is 0 Å². The van der Waals surface area contributed by atoms with E-state index >= 15 is 0 Å². The molecule has 1 heterocycles. The Morgan fingerprint density at radius 1 is 1.26 bits per heavy atom. The molecule has 1 aromatic carbocycles. The predicted octanol–water partition coefficient (Wildman–Crippen LogP) is 2.70. The van der Waals surface area contributed by atoms with E-state index in [-0.39, 0.29) is 11.9 Å². The van der Waals surface area contributed by atoms with Crippen molar-refractivity contribution in [3.05, 3.63) is 59.5 Å². The minimum absolute atomic E-state index is 0.146. The molecular formula is C15H18FN3. The zero-order chi connectivity index (χ0) is 13.7. The summed E-state index contributed by atoms with van der Waals surface area (Å²) in [5.74, 6) is 0.305. The van der Waals surface area contributed by atoms with Crippen molar-refractivity contribution in [2.75, 3.05) is 12.3 Å². The van der Waals surface area contributed by atoms with Crippen molar-refractivity contribution >= 4 is 5.82 Å². The second-order valence-electron chi connectivity index (χ2n) is 4.45. The second-order valence-corrected chi connectivity index (χ2v) is 4.45. The van der Waals surface area contributed by atoms with Gasteiger partial charge in [-0.25, -0.2) is 9.37 Å². The largest absolute Gasteiger partial charge is 0.384 e. The number of aromatic nitrogens is 1. The van der Waals surface area contributed by atoms with Crippen LogP contribution in [0.25, 0.3) is 0 Å². The first-order valence-corrected chi connectivity index (χ1v) is 6.38. The van der Waals surface area contributed by atoms with Crippen molar-refractivity contribution in [2.24, 2.45) is 0 Å². The van der Waals surface area contributed by atoms with Gasteiger partial charge in [-0.3, -0.25) is 0 Å². The van der Waals surface area contributed by atoms with Crippen molar-refractivity contribution < 1.29 is 4.39 Å². The van der Waals surface area contributed by atoms with Gasteiger partial charge in [-0.15, -0.1) is 0 Å². The molecule has 0 aliphatic rings. The van der Waals surface area contributed by atoms with Gasteiger partial charge >= 0.3 is 0 Å². The highest BCUT2D eigenvalue weighted by Crippen LogP contribution is 2.19. The number of rotatable bonds is 5. The van der Waals surface area contributed by atoms with Gasteiger partial charge in [0.05, 0.1) is 0 Å². The summed E-state index contributed by atoms with van der Waals surface area (Å²) in [7, 11) is 0. The van der Waals surface area contributed by atoms with Gasteiger partial charge in [-0.2, -0.15) is 0 Å². The Balaban J connectivity index is 2.18. The van der Waals surface area contributed by atoms with E-state index in [1.807, 2.05) is 24.3 Å². The summed E-state index contributed by atoms with van der Waals surface area (Å²) in [6.45, 7) is 2.90. The van der Waals surface area contributed by atoms with Crippen LogP contribution in [0.4, 0.5) is 10.2 Å². The molecule has 100 valence electrons. The smallest absolute Gasteiger partial charge is 0.123 e. The van der Waals surface area contributed by atoms with Crippen LogP contribution in [0.1, 0.15) is 24.1 Å². The Morgan fingerprint density at radius 3 is 2.63 bits per heavy atom. The number of nitrogens with zero attached hydrogens (tertiary/aromatic N) is 1. The lowest BCUT2D eigenvalue weighted by atomic mass is 9.99. The molecule has 1 aromatic heterocycles. The lowest BCUT2D eigenvalue weighted by molar-refractivity contribution is 0.547. The summed E-state index contributed by atoms with van der Waals surface area (Å²) in [4.78, 5) is 3.99. The number of nitrogens with one attached hydrogen (secondary N) is 1. The van der Waals surface area contributed by atoms with Gasteiger partial charge < -0.3 is 11.1 Å². The number of likely N-dealkylation sites (N-methyl/N-ethyl adjacent to an activating group) is 1. The number of hydrogen-bond acceptors (Lipinski definition) is 3. The molecule has 0 aliphatic heterocycles. The molecule has 0 bridgehead atoms. The third-order valence-corrected chi connectivity index (χ3v) is 3.01. The topological polar surface area (TPSA) is 50.9 Å². The first kappa shape index (κ1) is 13.5. The van der Waals surface area contributed by atoms with E-state index in [1.165, 1.54) is 12.1 Å². The lowest BCUT2D eigenvalue weighted by Gasteiger charge is -2.18. The first-order chi connectivity index (χ1) is 9.19. The van der Waals surface area contributed by atoms with Crippen LogP contribution in [0.5, 0.6) is 0 Å². The summed E-state index contributed by atoms with van der Waals surface area (Å²) in [6.07, 6.45) is 2.50. The molecule has 0 aliphatic carbocycles. The van der Waals surface area contributed by atoms with Crippen molar-refractivity contribution in [1.82, 2.24) is 10.3 Å². The fourth-order valence-electron chi connectivity index (χ4n) is 2.11. The number of nitrogens with two attached hydrogens (primary N) is 1. The van der Waals surface area contributed by atoms with Crippen LogP contribution < -0.4 is 11.1 Å². The van der Waals surface area contributed by atoms with Crippen molar-refractivity contribution in [1.29, 1.82) is 0 Å². The Kier molecular flexibility index (Phi) is 4.47. The van der Waals surface area contributed by atoms with Crippen LogP contribution in [0.2, 0.25) is 0 Å². The fraction of sp³-hybridized carbons (Fsp3) is 0.267. The van der Waals surface area contributed by atoms with Gasteiger partial charge in [0, 0.05) is 12.2 Å². The van der Waals surface area contributed by atoms with Crippen LogP contribution in [0, 0.1) is 5.82 Å². The summed E-state index contributed by atoms with van der Waals surface area (Å²) >= 11 is 0. The molecule has 3 N–H and O–H groups in total. The van der Waals surface area contributed by atoms with E-state index in [4.69, 9.17) is 5.73 Å². The molecule has 0 spiro atoms. The third-order valence-electron chi connectivity index (χ3n) is 3.01. The molecule has 1 atom stereocenters. The summed E-state index contributed by atoms with van der Waals surface area (Å²) in [5.41, 5.74) is 7.87. The number of nitrogen functional groups attached to an aromatic ring is 1. The molecule has 3 nitrogen and oxygen atoms in total. The molecule has 19 heavy (non-hydrogen) atoms. The highest BCUT2D eigenvalue weighted by molar-refractivity contribution is 5.33. The number of benzene rings is 1. The van der Waals surface area contributed by atoms with E-state index in [2.05, 4.69) is 17.2 Å². The number of halogens is 1. The average Bonchev–Trinajstić information content (AvgIpc) is 2.39. The van der Waals surface area contributed by atoms with Crippen LogP contribution >= 0.6 is 0 Å². The maximum Gasteiger partial charge on any atom is 0.123 e. The van der Waals surface area contributed by atoms with E-state index in [0.29, 0.717) is 5.82 Å². The standard InChI is InChI=1S/C15H18FN3/c1-2-18-14(12-3-5-13(16)6-4-12)9-11-7-8-19-15(17)10-11/h3-8,10,14,18H,2,9H2,1H3,(H2,17,19). The predicted molar refractivity (Wildman–Crippen MR) is 75.2 cm³/mol. The molecular weight excluding hydrogens is 241 g/mol. The van der Waals surface area contributed by atoms with E-state index in [9.17, 15) is 4.39 Å². The second kappa shape index (κ2) is 6.29. The van der Waals surface area contributed by atoms with Gasteiger partial charge in [-0.1, -0.05) is 19.1 Å². The molecule has 4 heteroatoms. The van der Waals surface area contributed by atoms with E-state index in [0.717, 1.165) is 24.1 Å². The SMILES string of the molecule is CCNC(Cc1ccnc(N)c1)c1ccc(F)cc1. The Bertz CT molecular complexity index is 525. The fourth-order valence-corrected chi connectivity index (χ4v) is 2.11. The molecule has 0 fully saturated rings. The minimum atomic E-state index is -0.216. The summed E-state index contributed by atoms with van der Waals surface area (Å²) in [6, 6.07) is 10.6. The van der Waals surface area contributed by atoms with Crippen molar-refractivity contribution in [2.45, 2.75) is 19.4 Å². The molecule has 1 unspecified atom stereocenters. The van der Waals surface area contributed by atoms with Gasteiger partial charge in [0.15, 0.2) is 0 Å². The van der Waals surface area contributed by atoms with E-state index < -0.39 is 0 Å². The maximum atomic E-state index is 13.0. The highest BCUT2D eigenvalue weighted by Gasteiger charge is 2.11. The van der Waals surface area contributed by atoms with Crippen molar-refractivity contribution in [3.8, 4) is 0 Å². The zero-order valence-electron chi connectivity index (χ0n) is 10.9. The average molecular weight is 259 g/mol. The molecule has 0 saturated carbocycles. The minimum Gasteiger partial charge on any atom is -0.384 e. The maximum absolute atomic E-state index is 13.0. The summed E-state index contributed by atoms with van der Waals surface area (Å²) < 4.78 is 13.0. The van der Waals surface area contributed by atoms with Crippen molar-refractivity contribution in [3.63, 3.8) is 0 Å². The molecule has 2 aromatic rings. The Hall–Kier alpha value is -1.94. The highest BCUT2D eigenvalue weighted by atomic mass is 19.1. The van der Waals surface area contributed by atoms with Gasteiger partial charge in [0.1, 0.15) is 11.6 Å². The first-order valence-electron chi connectivity index (χ1n) is 6.38. The molecule has 2 rings (SSSR count). The Morgan fingerprint density at radius 2 is 2.00 bits per heavy atom. The molecule has 0 amide bonds. The number of pyridine rings is 1. The van der Waals surface area contributed by atoms with Crippen LogP contribution in [0.3, 0.4) is 0 Å². The van der Waals surface area contributed by atoms with Crippen LogP contribution in [-0.4, -0.2) is 11.5 Å². The van der Waals surface area contributed by atoms with Gasteiger partial charge in [0.2, 0.25) is 0 Å². The number of hydrogen-bond donors (Lipinski definition) is 2. The van der Waals surface area contributed by atoms with E-state index in [1.54, 1.807) is 6.20 Å². The normalized spacial score (nSPS) is 12.3.